The number of morpholine rings is 1. The Hall–Kier alpha value is -4.18. The van der Waals surface area contributed by atoms with Gasteiger partial charge in [0.05, 0.1) is 41.6 Å². The van der Waals surface area contributed by atoms with Gasteiger partial charge in [0, 0.05) is 24.8 Å². The van der Waals surface area contributed by atoms with Gasteiger partial charge in [0.1, 0.15) is 5.76 Å². The summed E-state index contributed by atoms with van der Waals surface area (Å²) in [6.07, 6.45) is 0. The smallest absolute Gasteiger partial charge is 0.340 e. The van der Waals surface area contributed by atoms with Crippen molar-refractivity contribution in [3.63, 3.8) is 0 Å². The van der Waals surface area contributed by atoms with Crippen molar-refractivity contribution < 1.29 is 28.4 Å². The fourth-order valence-corrected chi connectivity index (χ4v) is 3.70. The molecule has 1 aliphatic rings. The number of carbonyl (C=O) groups excluding carboxylic acids is 2. The highest BCUT2D eigenvalue weighted by molar-refractivity contribution is 6.04. The lowest BCUT2D eigenvalue weighted by Crippen LogP contribution is -2.37. The zero-order valence-corrected chi connectivity index (χ0v) is 18.5. The molecule has 10 nitrogen and oxygen atoms in total. The van der Waals surface area contributed by atoms with Gasteiger partial charge in [-0.15, -0.1) is 0 Å². The summed E-state index contributed by atoms with van der Waals surface area (Å²) >= 11 is 0. The van der Waals surface area contributed by atoms with E-state index in [9.17, 15) is 19.7 Å². The first-order chi connectivity index (χ1) is 16.5. The first-order valence-corrected chi connectivity index (χ1v) is 10.8. The van der Waals surface area contributed by atoms with Crippen LogP contribution in [0.3, 0.4) is 0 Å². The van der Waals surface area contributed by atoms with E-state index in [1.807, 2.05) is 4.90 Å². The summed E-state index contributed by atoms with van der Waals surface area (Å²) in [6, 6.07) is 14.1. The number of nitrogens with zero attached hydrogens (tertiary/aromatic N) is 2. The van der Waals surface area contributed by atoms with Crippen LogP contribution >= 0.6 is 0 Å². The highest BCUT2D eigenvalue weighted by Gasteiger charge is 2.22. The molecule has 1 aromatic heterocycles. The van der Waals surface area contributed by atoms with E-state index in [2.05, 4.69) is 5.32 Å². The Morgan fingerprint density at radius 1 is 1.12 bits per heavy atom. The van der Waals surface area contributed by atoms with Crippen molar-refractivity contribution in [1.82, 2.24) is 0 Å². The van der Waals surface area contributed by atoms with E-state index in [0.717, 1.165) is 0 Å². The molecule has 0 spiro atoms. The standard InChI is InChI=1S/C24H23N3O7/c1-2-33-24(29)18-15-16(7-8-19(18)26-11-13-32-14-12-26)25-23(28)22-10-9-21(34-22)17-5-3-4-6-20(17)27(30)31/h3-10,15H,2,11-14H2,1H3,(H,25,28). The molecule has 2 aromatic carbocycles. The molecule has 176 valence electrons. The molecule has 1 amide bonds. The molecule has 0 bridgehead atoms. The number of nitrogens with one attached hydrogen (secondary N) is 1. The van der Waals surface area contributed by atoms with Crippen LogP contribution in [-0.2, 0) is 9.47 Å². The van der Waals surface area contributed by atoms with Gasteiger partial charge in [0.25, 0.3) is 11.6 Å². The minimum Gasteiger partial charge on any atom is -0.462 e. The molecule has 1 saturated heterocycles. The molecule has 10 heteroatoms. The van der Waals surface area contributed by atoms with Gasteiger partial charge in [-0.3, -0.25) is 14.9 Å². The maximum absolute atomic E-state index is 12.8. The molecule has 0 unspecified atom stereocenters. The molecule has 1 aliphatic heterocycles. The second-order valence-electron chi connectivity index (χ2n) is 7.44. The number of ether oxygens (including phenoxy) is 2. The Kier molecular flexibility index (Phi) is 6.88. The van der Waals surface area contributed by atoms with Gasteiger partial charge in [-0.25, -0.2) is 4.79 Å². The number of rotatable bonds is 7. The zero-order chi connectivity index (χ0) is 24.1. The summed E-state index contributed by atoms with van der Waals surface area (Å²) in [4.78, 5) is 38.2. The predicted molar refractivity (Wildman–Crippen MR) is 124 cm³/mol. The number of para-hydroxylation sites is 1. The lowest BCUT2D eigenvalue weighted by atomic mass is 10.1. The van der Waals surface area contributed by atoms with E-state index in [4.69, 9.17) is 13.9 Å². The molecule has 0 atom stereocenters. The van der Waals surface area contributed by atoms with Gasteiger partial charge in [-0.2, -0.15) is 0 Å². The number of hydrogen-bond donors (Lipinski definition) is 1. The van der Waals surface area contributed by atoms with Crippen LogP contribution < -0.4 is 10.2 Å². The summed E-state index contributed by atoms with van der Waals surface area (Å²) in [7, 11) is 0. The summed E-state index contributed by atoms with van der Waals surface area (Å²) in [6.45, 7) is 4.34. The number of hydrogen-bond acceptors (Lipinski definition) is 8. The number of carbonyl (C=O) groups is 2. The normalized spacial score (nSPS) is 13.4. The van der Waals surface area contributed by atoms with Crippen LogP contribution in [0.25, 0.3) is 11.3 Å². The average Bonchev–Trinajstić information content (AvgIpc) is 3.35. The fourth-order valence-electron chi connectivity index (χ4n) is 3.70. The molecule has 4 rings (SSSR count). The van der Waals surface area contributed by atoms with Crippen molar-refractivity contribution in [3.8, 4) is 11.3 Å². The number of benzene rings is 2. The van der Waals surface area contributed by atoms with Gasteiger partial charge in [0.2, 0.25) is 0 Å². The highest BCUT2D eigenvalue weighted by Crippen LogP contribution is 2.31. The summed E-state index contributed by atoms with van der Waals surface area (Å²) in [5.41, 5.74) is 1.57. The summed E-state index contributed by atoms with van der Waals surface area (Å²) in [5.74, 6) is -0.869. The summed E-state index contributed by atoms with van der Waals surface area (Å²) < 4.78 is 16.2. The molecule has 34 heavy (non-hydrogen) atoms. The van der Waals surface area contributed by atoms with Crippen LogP contribution in [0.2, 0.25) is 0 Å². The highest BCUT2D eigenvalue weighted by atomic mass is 16.6. The van der Waals surface area contributed by atoms with E-state index >= 15 is 0 Å². The van der Waals surface area contributed by atoms with Gasteiger partial charge in [-0.05, 0) is 43.3 Å². The van der Waals surface area contributed by atoms with E-state index in [1.165, 1.54) is 18.2 Å². The molecule has 0 radical (unpaired) electrons. The van der Waals surface area contributed by atoms with Crippen LogP contribution in [0, 0.1) is 10.1 Å². The fraction of sp³-hybridized carbons (Fsp3) is 0.250. The quantitative estimate of drug-likeness (QED) is 0.314. The molecule has 1 N–H and O–H groups in total. The Morgan fingerprint density at radius 2 is 1.88 bits per heavy atom. The lowest BCUT2D eigenvalue weighted by molar-refractivity contribution is -0.384. The van der Waals surface area contributed by atoms with Crippen molar-refractivity contribution in [2.75, 3.05) is 43.1 Å². The second-order valence-corrected chi connectivity index (χ2v) is 7.44. The van der Waals surface area contributed by atoms with Crippen LogP contribution in [0.5, 0.6) is 0 Å². The summed E-state index contributed by atoms with van der Waals surface area (Å²) in [5, 5.41) is 14.0. The molecule has 0 aliphatic carbocycles. The minimum atomic E-state index is -0.557. The molecular formula is C24H23N3O7. The van der Waals surface area contributed by atoms with Gasteiger partial charge < -0.3 is 24.1 Å². The van der Waals surface area contributed by atoms with E-state index in [1.54, 1.807) is 43.3 Å². The molecule has 1 fully saturated rings. The SMILES string of the molecule is CCOC(=O)c1cc(NC(=O)c2ccc(-c3ccccc3[N+](=O)[O-])o2)ccc1N1CCOCC1. The lowest BCUT2D eigenvalue weighted by Gasteiger charge is -2.30. The van der Waals surface area contributed by atoms with Crippen molar-refractivity contribution in [3.05, 3.63) is 76.0 Å². The number of furan rings is 1. The third-order valence-electron chi connectivity index (χ3n) is 5.30. The van der Waals surface area contributed by atoms with Crippen molar-refractivity contribution in [2.45, 2.75) is 6.92 Å². The number of anilines is 2. The third-order valence-corrected chi connectivity index (χ3v) is 5.30. The maximum Gasteiger partial charge on any atom is 0.340 e. The topological polar surface area (TPSA) is 124 Å². The molecular weight excluding hydrogens is 442 g/mol. The van der Waals surface area contributed by atoms with Crippen LogP contribution in [-0.4, -0.2) is 49.7 Å². The van der Waals surface area contributed by atoms with Crippen molar-refractivity contribution in [2.24, 2.45) is 0 Å². The second kappa shape index (κ2) is 10.2. The number of nitro benzene ring substituents is 1. The van der Waals surface area contributed by atoms with Crippen LogP contribution in [0.4, 0.5) is 17.1 Å². The Balaban J connectivity index is 1.57. The predicted octanol–water partition coefficient (Wildman–Crippen LogP) is 4.12. The molecule has 0 saturated carbocycles. The number of esters is 1. The van der Waals surface area contributed by atoms with E-state index < -0.39 is 16.8 Å². The van der Waals surface area contributed by atoms with Crippen molar-refractivity contribution >= 4 is 28.9 Å². The van der Waals surface area contributed by atoms with Gasteiger partial charge >= 0.3 is 5.97 Å². The number of amides is 1. The molecule has 2 heterocycles. The first-order valence-electron chi connectivity index (χ1n) is 10.8. The van der Waals surface area contributed by atoms with E-state index in [-0.39, 0.29) is 29.4 Å². The van der Waals surface area contributed by atoms with Crippen molar-refractivity contribution in [1.29, 1.82) is 0 Å². The Labute approximate surface area is 195 Å². The maximum atomic E-state index is 12.8. The third kappa shape index (κ3) is 4.91. The van der Waals surface area contributed by atoms with Crippen LogP contribution in [0.1, 0.15) is 27.8 Å². The van der Waals surface area contributed by atoms with Crippen LogP contribution in [0.15, 0.2) is 59.0 Å². The Morgan fingerprint density at radius 3 is 2.62 bits per heavy atom. The Bertz CT molecular complexity index is 1210. The van der Waals surface area contributed by atoms with Gasteiger partial charge in [-0.1, -0.05) is 12.1 Å². The minimum absolute atomic E-state index is 0.0249. The largest absolute Gasteiger partial charge is 0.462 e. The first kappa shape index (κ1) is 23.0. The zero-order valence-electron chi connectivity index (χ0n) is 18.5. The van der Waals surface area contributed by atoms with Gasteiger partial charge in [0.15, 0.2) is 5.76 Å². The number of nitro groups is 1. The van der Waals surface area contributed by atoms with E-state index in [0.29, 0.717) is 43.2 Å². The monoisotopic (exact) mass is 465 g/mol. The average molecular weight is 465 g/mol. The molecule has 3 aromatic rings.